The summed E-state index contributed by atoms with van der Waals surface area (Å²) in [7, 11) is 1.44. The van der Waals surface area contributed by atoms with Crippen molar-refractivity contribution in [2.45, 2.75) is 51.2 Å². The molecular weight excluding hydrogens is 530 g/mol. The molecule has 0 saturated carbocycles. The van der Waals surface area contributed by atoms with Crippen LogP contribution in [0.2, 0.25) is 0 Å². The maximum absolute atomic E-state index is 12.3. The molecule has 1 aromatic carbocycles. The number of amides is 1. The van der Waals surface area contributed by atoms with Crippen LogP contribution >= 0.6 is 0 Å². The van der Waals surface area contributed by atoms with Crippen LogP contribution in [0, 0.1) is 6.92 Å². The molecular formula is C27H37NO12. The third-order valence-corrected chi connectivity index (χ3v) is 5.35. The first-order valence-corrected chi connectivity index (χ1v) is 12.7. The second-order valence-corrected chi connectivity index (χ2v) is 8.73. The highest BCUT2D eigenvalue weighted by atomic mass is 16.6. The first-order chi connectivity index (χ1) is 19.3. The maximum atomic E-state index is 12.3. The number of benzene rings is 1. The predicted octanol–water partition coefficient (Wildman–Crippen LogP) is 0.916. The summed E-state index contributed by atoms with van der Waals surface area (Å²) in [5.74, 6) is -1.61. The fourth-order valence-corrected chi connectivity index (χ4v) is 3.38. The van der Waals surface area contributed by atoms with Gasteiger partial charge in [0.1, 0.15) is 19.8 Å². The van der Waals surface area contributed by atoms with Crippen molar-refractivity contribution in [1.82, 2.24) is 4.90 Å². The van der Waals surface area contributed by atoms with Crippen LogP contribution in [0.1, 0.15) is 36.8 Å². The van der Waals surface area contributed by atoms with E-state index in [1.54, 1.807) is 0 Å². The first-order valence-electron chi connectivity index (χ1n) is 12.7. The van der Waals surface area contributed by atoms with Gasteiger partial charge in [0.05, 0.1) is 13.0 Å². The fourth-order valence-electron chi connectivity index (χ4n) is 3.38. The third-order valence-electron chi connectivity index (χ3n) is 5.35. The minimum Gasteiger partial charge on any atom is -0.464 e. The number of rotatable bonds is 23. The molecule has 1 rings (SSSR count). The number of carbonyl (C=O) groups is 6. The van der Waals surface area contributed by atoms with Gasteiger partial charge in [-0.15, -0.1) is 0 Å². The number of aryl methyl sites for hydroxylation is 1. The normalized spacial score (nSPS) is 11.2. The number of hydrogen-bond acceptors (Lipinski definition) is 12. The molecule has 13 nitrogen and oxygen atoms in total. The molecule has 0 spiro atoms. The molecule has 0 radical (unpaired) electrons. The monoisotopic (exact) mass is 567 g/mol. The van der Waals surface area contributed by atoms with E-state index in [2.05, 4.69) is 9.47 Å². The lowest BCUT2D eigenvalue weighted by molar-refractivity contribution is -0.162. The van der Waals surface area contributed by atoms with Gasteiger partial charge in [-0.1, -0.05) is 29.8 Å². The van der Waals surface area contributed by atoms with E-state index in [0.29, 0.717) is 12.8 Å². The van der Waals surface area contributed by atoms with Crippen molar-refractivity contribution in [3.63, 3.8) is 0 Å². The van der Waals surface area contributed by atoms with Gasteiger partial charge in [-0.3, -0.25) is 28.8 Å². The van der Waals surface area contributed by atoms with Gasteiger partial charge in [-0.25, -0.2) is 0 Å². The molecule has 222 valence electrons. The van der Waals surface area contributed by atoms with Gasteiger partial charge in [-0.05, 0) is 25.3 Å². The molecule has 1 aromatic rings. The number of esters is 3. The molecule has 0 N–H and O–H groups in total. The molecule has 1 unspecified atom stereocenters. The van der Waals surface area contributed by atoms with E-state index in [1.807, 2.05) is 31.2 Å². The number of methoxy groups -OCH3 is 1. The SMILES string of the molecule is COCC(COC(=O)Cc1ccc(C)cc1)OC(=O)CCCN(C=O)CCCC(=O)OC(COC=O)COC=O. The zero-order valence-electron chi connectivity index (χ0n) is 22.8. The average molecular weight is 568 g/mol. The fraction of sp³-hybridized carbons (Fsp3) is 0.556. The van der Waals surface area contributed by atoms with E-state index in [4.69, 9.17) is 18.9 Å². The number of nitrogens with zero attached hydrogens (tertiary/aromatic N) is 1. The van der Waals surface area contributed by atoms with Crippen LogP contribution in [0.4, 0.5) is 0 Å². The Labute approximate surface area is 233 Å². The van der Waals surface area contributed by atoms with Crippen LogP contribution in [0.25, 0.3) is 0 Å². The largest absolute Gasteiger partial charge is 0.464 e. The van der Waals surface area contributed by atoms with Crippen LogP contribution in [-0.4, -0.2) is 101 Å². The summed E-state index contributed by atoms with van der Waals surface area (Å²) >= 11 is 0. The molecule has 0 aliphatic carbocycles. The molecule has 0 aliphatic rings. The van der Waals surface area contributed by atoms with Crippen LogP contribution in [-0.2, 0) is 63.6 Å². The molecule has 0 aromatic heterocycles. The molecule has 0 fully saturated rings. The van der Waals surface area contributed by atoms with Crippen LogP contribution in [0.3, 0.4) is 0 Å². The quantitative estimate of drug-likeness (QED) is 0.105. The van der Waals surface area contributed by atoms with Gasteiger partial charge in [0.25, 0.3) is 12.9 Å². The minimum absolute atomic E-state index is 0.0129. The Hall–Kier alpha value is -4.00. The van der Waals surface area contributed by atoms with Gasteiger partial charge in [0.15, 0.2) is 12.2 Å². The first kappa shape index (κ1) is 34.0. The van der Waals surface area contributed by atoms with Crippen LogP contribution in [0.5, 0.6) is 0 Å². The molecule has 40 heavy (non-hydrogen) atoms. The zero-order chi connectivity index (χ0) is 29.6. The lowest BCUT2D eigenvalue weighted by Crippen LogP contribution is -2.30. The smallest absolute Gasteiger partial charge is 0.310 e. The van der Waals surface area contributed by atoms with E-state index in [-0.39, 0.29) is 78.1 Å². The number of hydrogen-bond donors (Lipinski definition) is 0. The van der Waals surface area contributed by atoms with Crippen molar-refractivity contribution >= 4 is 37.3 Å². The lowest BCUT2D eigenvalue weighted by atomic mass is 10.1. The molecule has 0 aliphatic heterocycles. The van der Waals surface area contributed by atoms with E-state index in [1.165, 1.54) is 12.0 Å². The summed E-state index contributed by atoms with van der Waals surface area (Å²) in [4.78, 5) is 69.8. The van der Waals surface area contributed by atoms with Crippen molar-refractivity contribution < 1.29 is 57.2 Å². The van der Waals surface area contributed by atoms with E-state index in [0.717, 1.165) is 11.1 Å². The Balaban J connectivity index is 2.33. The minimum atomic E-state index is -0.935. The topological polar surface area (TPSA) is 161 Å². The molecule has 0 bridgehead atoms. The third kappa shape index (κ3) is 16.1. The summed E-state index contributed by atoms with van der Waals surface area (Å²) in [6.45, 7) is 2.16. The molecule has 1 atom stereocenters. The standard InChI is InChI=1S/C27H37NO12/c1-21-7-9-22(10-8-21)13-27(34)38-17-23(14-35-2)39-25(32)5-3-11-28(18-29)12-4-6-26(33)40-24(15-36-19-30)16-37-20-31/h7-10,18-20,23-24H,3-6,11-17H2,1-2H3. The predicted molar refractivity (Wildman–Crippen MR) is 138 cm³/mol. The Morgan fingerprint density at radius 2 is 1.30 bits per heavy atom. The molecule has 13 heteroatoms. The van der Waals surface area contributed by atoms with Gasteiger partial charge < -0.3 is 33.3 Å². The van der Waals surface area contributed by atoms with Crippen LogP contribution < -0.4 is 0 Å². The average Bonchev–Trinajstić information content (AvgIpc) is 2.93. The number of ether oxygens (including phenoxy) is 6. The molecule has 0 heterocycles. The van der Waals surface area contributed by atoms with E-state index >= 15 is 0 Å². The van der Waals surface area contributed by atoms with Crippen LogP contribution in [0.15, 0.2) is 24.3 Å². The maximum Gasteiger partial charge on any atom is 0.310 e. The highest BCUT2D eigenvalue weighted by molar-refractivity contribution is 5.73. The molecule has 0 saturated heterocycles. The van der Waals surface area contributed by atoms with Gasteiger partial charge in [-0.2, -0.15) is 0 Å². The highest BCUT2D eigenvalue weighted by Crippen LogP contribution is 2.07. The van der Waals surface area contributed by atoms with E-state index < -0.39 is 30.1 Å². The van der Waals surface area contributed by atoms with Crippen molar-refractivity contribution in [1.29, 1.82) is 0 Å². The van der Waals surface area contributed by atoms with Gasteiger partial charge in [0.2, 0.25) is 6.41 Å². The summed E-state index contributed by atoms with van der Waals surface area (Å²) in [5, 5.41) is 0. The second kappa shape index (κ2) is 20.9. The Morgan fingerprint density at radius 1 is 0.775 bits per heavy atom. The molecule has 1 amide bonds. The van der Waals surface area contributed by atoms with Crippen molar-refractivity contribution in [2.24, 2.45) is 0 Å². The van der Waals surface area contributed by atoms with Crippen molar-refractivity contribution in [3.05, 3.63) is 35.4 Å². The highest BCUT2D eigenvalue weighted by Gasteiger charge is 2.19. The van der Waals surface area contributed by atoms with Gasteiger partial charge in [0, 0.05) is 33.0 Å². The summed E-state index contributed by atoms with van der Waals surface area (Å²) < 4.78 is 29.8. The number of carbonyl (C=O) groups excluding carboxylic acids is 6. The van der Waals surface area contributed by atoms with E-state index in [9.17, 15) is 28.8 Å². The summed E-state index contributed by atoms with van der Waals surface area (Å²) in [5.41, 5.74) is 1.89. The zero-order valence-corrected chi connectivity index (χ0v) is 22.8. The lowest BCUT2D eigenvalue weighted by Gasteiger charge is -2.19. The van der Waals surface area contributed by atoms with Crippen molar-refractivity contribution in [3.8, 4) is 0 Å². The second-order valence-electron chi connectivity index (χ2n) is 8.73. The Bertz CT molecular complexity index is 909. The summed E-state index contributed by atoms with van der Waals surface area (Å²) in [6, 6.07) is 7.48. The summed E-state index contributed by atoms with van der Waals surface area (Å²) in [6.07, 6.45) is -0.441. The Kier molecular flexibility index (Phi) is 17.8. The van der Waals surface area contributed by atoms with Crippen molar-refractivity contribution in [2.75, 3.05) is 46.6 Å². The Morgan fingerprint density at radius 3 is 1.77 bits per heavy atom. The van der Waals surface area contributed by atoms with Gasteiger partial charge >= 0.3 is 17.9 Å².